The summed E-state index contributed by atoms with van der Waals surface area (Å²) in [6.45, 7) is 1.16. The molecule has 0 aliphatic carbocycles. The van der Waals surface area contributed by atoms with E-state index in [0.717, 1.165) is 24.3 Å². The number of hydrogen-bond acceptors (Lipinski definition) is 5. The number of nitrogens with zero attached hydrogens (tertiary/aromatic N) is 1. The zero-order valence-corrected chi connectivity index (χ0v) is 20.0. The molecular formula is C20H23F2N4O7PS. The minimum Gasteiger partial charge on any atom is -0.451 e. The molecule has 0 aliphatic rings. The van der Waals surface area contributed by atoms with E-state index >= 15 is 0 Å². The fourth-order valence-electron chi connectivity index (χ4n) is 2.66. The molecular weight excluding hydrogens is 509 g/mol. The van der Waals surface area contributed by atoms with Crippen LogP contribution in [-0.2, 0) is 19.4 Å². The number of carbonyl (C=O) groups excluding carboxylic acids is 1. The van der Waals surface area contributed by atoms with Gasteiger partial charge in [0.2, 0.25) is 10.0 Å². The van der Waals surface area contributed by atoms with Crippen molar-refractivity contribution < 1.29 is 41.1 Å². The van der Waals surface area contributed by atoms with E-state index in [9.17, 15) is 26.6 Å². The molecule has 2 aromatic carbocycles. The molecule has 0 saturated heterocycles. The summed E-state index contributed by atoms with van der Waals surface area (Å²) in [5, 5.41) is 0. The number of ether oxygens (including phenoxy) is 1. The number of rotatable bonds is 10. The van der Waals surface area contributed by atoms with Crippen molar-refractivity contribution in [1.29, 1.82) is 0 Å². The highest BCUT2D eigenvalue weighted by Gasteiger charge is 2.18. The molecule has 15 heteroatoms. The van der Waals surface area contributed by atoms with Crippen LogP contribution in [0.3, 0.4) is 0 Å². The minimum absolute atomic E-state index is 0.00950. The van der Waals surface area contributed by atoms with Crippen molar-refractivity contribution in [3.63, 3.8) is 0 Å². The zero-order valence-electron chi connectivity index (χ0n) is 18.3. The van der Waals surface area contributed by atoms with Crippen LogP contribution in [0.4, 0.5) is 8.78 Å². The first-order valence-corrected chi connectivity index (χ1v) is 13.1. The lowest BCUT2D eigenvalue weighted by molar-refractivity contribution is -0.114. The van der Waals surface area contributed by atoms with E-state index < -0.39 is 53.0 Å². The Balaban J connectivity index is 2.13. The quantitative estimate of drug-likeness (QED) is 0.0997. The summed E-state index contributed by atoms with van der Waals surface area (Å²) in [6.07, 6.45) is 0.633. The number of benzene rings is 2. The lowest BCUT2D eigenvalue weighted by atomic mass is 10.1. The van der Waals surface area contributed by atoms with Gasteiger partial charge in [0.25, 0.3) is 5.91 Å². The first kappa shape index (κ1) is 28.1. The van der Waals surface area contributed by atoms with Gasteiger partial charge in [-0.2, -0.15) is 4.99 Å². The average Bonchev–Trinajstić information content (AvgIpc) is 2.73. The Kier molecular flexibility index (Phi) is 9.24. The van der Waals surface area contributed by atoms with Gasteiger partial charge in [0.1, 0.15) is 5.75 Å². The van der Waals surface area contributed by atoms with Gasteiger partial charge in [-0.05, 0) is 61.4 Å². The molecule has 0 saturated carbocycles. The third-order valence-electron chi connectivity index (χ3n) is 4.24. The Bertz CT molecular complexity index is 1280. The number of guanidine groups is 1. The number of halogens is 2. The summed E-state index contributed by atoms with van der Waals surface area (Å²) >= 11 is 0. The van der Waals surface area contributed by atoms with Gasteiger partial charge in [-0.15, -0.1) is 0 Å². The molecule has 0 bridgehead atoms. The van der Waals surface area contributed by atoms with Crippen molar-refractivity contribution in [2.24, 2.45) is 16.5 Å². The van der Waals surface area contributed by atoms with Crippen LogP contribution in [0.5, 0.6) is 11.5 Å². The molecule has 0 aliphatic heterocycles. The SMILES string of the molecule is C/C(=C\c1cc(F)c(Oc2ccc(S(=O)(=O)NCCCP(=O)(O)O)cc2)c(F)c1)C(=O)N=C(N)N. The monoisotopic (exact) mass is 532 g/mol. The highest BCUT2D eigenvalue weighted by Crippen LogP contribution is 2.34. The molecule has 2 aromatic rings. The summed E-state index contributed by atoms with van der Waals surface area (Å²) in [5.41, 5.74) is 10.3. The smallest absolute Gasteiger partial charge is 0.325 e. The Labute approximate surface area is 199 Å². The van der Waals surface area contributed by atoms with Crippen LogP contribution >= 0.6 is 7.60 Å². The summed E-state index contributed by atoms with van der Waals surface area (Å²) in [6, 6.07) is 6.46. The Morgan fingerprint density at radius 1 is 1.17 bits per heavy atom. The number of nitrogens with two attached hydrogens (primary N) is 2. The van der Waals surface area contributed by atoms with Crippen LogP contribution < -0.4 is 20.9 Å². The molecule has 35 heavy (non-hydrogen) atoms. The molecule has 0 spiro atoms. The van der Waals surface area contributed by atoms with Gasteiger partial charge in [0.05, 0.1) is 11.1 Å². The van der Waals surface area contributed by atoms with E-state index in [0.29, 0.717) is 0 Å². The second kappa shape index (κ2) is 11.5. The summed E-state index contributed by atoms with van der Waals surface area (Å²) < 4.78 is 71.7. The van der Waals surface area contributed by atoms with Crippen LogP contribution in [0.15, 0.2) is 51.9 Å². The molecule has 0 atom stereocenters. The number of aliphatic imine (C=N–C) groups is 1. The van der Waals surface area contributed by atoms with Gasteiger partial charge < -0.3 is 26.0 Å². The number of hydrogen-bond donors (Lipinski definition) is 5. The topological polar surface area (TPSA) is 194 Å². The number of nitrogens with one attached hydrogen (secondary N) is 1. The van der Waals surface area contributed by atoms with E-state index in [1.165, 1.54) is 25.1 Å². The predicted molar refractivity (Wildman–Crippen MR) is 124 cm³/mol. The lowest BCUT2D eigenvalue weighted by Crippen LogP contribution is -2.25. The van der Waals surface area contributed by atoms with E-state index in [2.05, 4.69) is 9.71 Å². The van der Waals surface area contributed by atoms with Crippen molar-refractivity contribution in [3.8, 4) is 11.5 Å². The Morgan fingerprint density at radius 2 is 1.74 bits per heavy atom. The van der Waals surface area contributed by atoms with Gasteiger partial charge in [-0.3, -0.25) is 9.36 Å². The molecule has 7 N–H and O–H groups in total. The fourth-order valence-corrected chi connectivity index (χ4v) is 4.30. The van der Waals surface area contributed by atoms with E-state index in [1.54, 1.807) is 0 Å². The van der Waals surface area contributed by atoms with Crippen molar-refractivity contribution in [3.05, 3.63) is 59.2 Å². The Morgan fingerprint density at radius 3 is 2.26 bits per heavy atom. The predicted octanol–water partition coefficient (Wildman–Crippen LogP) is 1.81. The van der Waals surface area contributed by atoms with Gasteiger partial charge in [-0.1, -0.05) is 0 Å². The highest BCUT2D eigenvalue weighted by atomic mass is 32.2. The molecule has 2 rings (SSSR count). The van der Waals surface area contributed by atoms with E-state index in [-0.39, 0.29) is 34.7 Å². The van der Waals surface area contributed by atoms with Crippen molar-refractivity contribution in [2.45, 2.75) is 18.2 Å². The third kappa shape index (κ3) is 8.85. The maximum atomic E-state index is 14.5. The number of carbonyl (C=O) groups is 1. The van der Waals surface area contributed by atoms with Crippen LogP contribution in [0, 0.1) is 11.6 Å². The first-order chi connectivity index (χ1) is 16.2. The fraction of sp³-hybridized carbons (Fsp3) is 0.200. The summed E-state index contributed by atoms with van der Waals surface area (Å²) in [5.74, 6) is -4.22. The van der Waals surface area contributed by atoms with Crippen molar-refractivity contribution in [2.75, 3.05) is 12.7 Å². The largest absolute Gasteiger partial charge is 0.451 e. The van der Waals surface area contributed by atoms with Crippen molar-refractivity contribution in [1.82, 2.24) is 4.72 Å². The first-order valence-electron chi connectivity index (χ1n) is 9.81. The normalized spacial score (nSPS) is 12.3. The van der Waals surface area contributed by atoms with E-state index in [4.69, 9.17) is 26.0 Å². The van der Waals surface area contributed by atoms with Crippen LogP contribution in [-0.4, -0.2) is 42.8 Å². The van der Waals surface area contributed by atoms with Crippen molar-refractivity contribution >= 4 is 35.6 Å². The maximum Gasteiger partial charge on any atom is 0.325 e. The molecule has 0 fully saturated rings. The molecule has 11 nitrogen and oxygen atoms in total. The number of sulfonamides is 1. The van der Waals surface area contributed by atoms with Gasteiger partial charge >= 0.3 is 7.60 Å². The molecule has 0 radical (unpaired) electrons. The second-order valence-electron chi connectivity index (χ2n) is 7.20. The molecule has 0 heterocycles. The minimum atomic E-state index is -4.23. The third-order valence-corrected chi connectivity index (χ3v) is 6.62. The van der Waals surface area contributed by atoms with Crippen LogP contribution in [0.1, 0.15) is 18.9 Å². The van der Waals surface area contributed by atoms with Crippen LogP contribution in [0.25, 0.3) is 6.08 Å². The van der Waals surface area contributed by atoms with Crippen LogP contribution in [0.2, 0.25) is 0 Å². The molecule has 0 unspecified atom stereocenters. The molecule has 190 valence electrons. The highest BCUT2D eigenvalue weighted by molar-refractivity contribution is 7.89. The zero-order chi connectivity index (χ0) is 26.4. The standard InChI is InChI=1S/C20H23F2N4O7PS/c1-12(19(27)26-20(23)24)9-13-10-16(21)18(17(22)11-13)33-14-3-5-15(6-4-14)35(31,32)25-7-2-8-34(28,29)30/h3-6,9-11,25H,2,7-8H2,1H3,(H2,28,29,30)(H4,23,24,26,27)/b12-9+. The summed E-state index contributed by atoms with van der Waals surface area (Å²) in [4.78, 5) is 32.5. The van der Waals surface area contributed by atoms with Gasteiger partial charge in [0, 0.05) is 12.1 Å². The van der Waals surface area contributed by atoms with Gasteiger partial charge in [-0.25, -0.2) is 21.9 Å². The van der Waals surface area contributed by atoms with Gasteiger partial charge in [0.15, 0.2) is 23.3 Å². The average molecular weight is 532 g/mol. The van der Waals surface area contributed by atoms with E-state index in [1.807, 2.05) is 0 Å². The number of amides is 1. The lowest BCUT2D eigenvalue weighted by Gasteiger charge is -2.11. The molecule has 1 amide bonds. The maximum absolute atomic E-state index is 14.5. The summed E-state index contributed by atoms with van der Waals surface area (Å²) in [7, 11) is -8.21. The Hall–Kier alpha value is -3.16. The second-order valence-corrected chi connectivity index (χ2v) is 10.7. The molecule has 0 aromatic heterocycles.